The Hall–Kier alpha value is -9.78. The molecule has 12 aromatic carbocycles. The highest BCUT2D eigenvalue weighted by Gasteiger charge is 2.11. The van der Waals surface area contributed by atoms with E-state index >= 15 is 0 Å². The van der Waals surface area contributed by atoms with Crippen molar-refractivity contribution in [1.29, 1.82) is 0 Å². The lowest BCUT2D eigenvalue weighted by Crippen LogP contribution is -2.01. The minimum Gasteiger partial charge on any atom is -0.489 e. The van der Waals surface area contributed by atoms with Crippen molar-refractivity contribution < 1.29 is 28.4 Å². The quantitative estimate of drug-likeness (QED) is 0.0709. The Kier molecular flexibility index (Phi) is 14.7. The van der Waals surface area contributed by atoms with Crippen LogP contribution in [0.5, 0.6) is 34.5 Å². The second-order valence-corrected chi connectivity index (χ2v) is 19.6. The fourth-order valence-electron chi connectivity index (χ4n) is 9.62. The van der Waals surface area contributed by atoms with E-state index in [-0.39, 0.29) is 0 Å². The largest absolute Gasteiger partial charge is 0.489 e. The van der Waals surface area contributed by atoms with Crippen molar-refractivity contribution in [3.05, 3.63) is 299 Å². The van der Waals surface area contributed by atoms with Gasteiger partial charge in [0.25, 0.3) is 0 Å². The van der Waals surface area contributed by atoms with Gasteiger partial charge in [0.15, 0.2) is 0 Å². The normalized spacial score (nSPS) is 11.3. The van der Waals surface area contributed by atoms with E-state index in [2.05, 4.69) is 206 Å². The average Bonchev–Trinajstić information content (AvgIpc) is 3.51. The number of ether oxygens (including phenoxy) is 6. The summed E-state index contributed by atoms with van der Waals surface area (Å²) in [5.74, 6) is 4.40. The van der Waals surface area contributed by atoms with E-state index in [1.807, 2.05) is 60.7 Å². The Morgan fingerprint density at radius 2 is 0.436 bits per heavy atom. The molecule has 0 aromatic heterocycles. The molecule has 78 heavy (non-hydrogen) atoms. The van der Waals surface area contributed by atoms with Crippen LogP contribution in [-0.2, 0) is 39.6 Å². The summed E-state index contributed by atoms with van der Waals surface area (Å²) in [6, 6.07) is 87.4. The second-order valence-electron chi connectivity index (χ2n) is 19.6. The smallest absolute Gasteiger partial charge is 0.123 e. The van der Waals surface area contributed by atoms with E-state index in [0.29, 0.717) is 39.6 Å². The molecule has 380 valence electrons. The average molecular weight is 1020 g/mol. The summed E-state index contributed by atoms with van der Waals surface area (Å²) in [4.78, 5) is 0. The van der Waals surface area contributed by atoms with Crippen LogP contribution in [0.25, 0.3) is 55.2 Å². The minimum atomic E-state index is 0.343. The van der Waals surface area contributed by atoms with Gasteiger partial charge in [0.05, 0.1) is 0 Å². The number of benzene rings is 12. The molecule has 0 saturated carbocycles. The third-order valence-electron chi connectivity index (χ3n) is 13.8. The van der Waals surface area contributed by atoms with E-state index in [1.54, 1.807) is 0 Å². The first kappa shape index (κ1) is 49.1. The fourth-order valence-corrected chi connectivity index (χ4v) is 9.62. The van der Waals surface area contributed by atoms with Crippen LogP contribution < -0.4 is 28.4 Å². The summed E-state index contributed by atoms with van der Waals surface area (Å²) >= 11 is 0. The Labute approximate surface area is 454 Å². The van der Waals surface area contributed by atoms with Gasteiger partial charge in [-0.2, -0.15) is 0 Å². The summed E-state index contributed by atoms with van der Waals surface area (Å²) < 4.78 is 38.3. The lowest BCUT2D eigenvalue weighted by atomic mass is 10.1. The fraction of sp³-hybridized carbons (Fsp3) is 0.0833. The summed E-state index contributed by atoms with van der Waals surface area (Å²) in [5.41, 5.74) is 8.37. The van der Waals surface area contributed by atoms with Gasteiger partial charge in [0.1, 0.15) is 74.1 Å². The van der Waals surface area contributed by atoms with Gasteiger partial charge < -0.3 is 28.4 Å². The third kappa shape index (κ3) is 12.7. The van der Waals surface area contributed by atoms with Gasteiger partial charge in [-0.1, -0.05) is 182 Å². The molecular weight excluding hydrogens is 961 g/mol. The highest BCUT2D eigenvalue weighted by atomic mass is 16.5. The van der Waals surface area contributed by atoms with Gasteiger partial charge in [-0.25, -0.2) is 0 Å². The highest BCUT2D eigenvalue weighted by Crippen LogP contribution is 2.30. The molecule has 0 radical (unpaired) electrons. The molecule has 12 aromatic rings. The number of fused-ring (bicyclic) bond motifs is 4. The van der Waals surface area contributed by atoms with Gasteiger partial charge in [-0.05, 0) is 160 Å². The molecule has 0 aliphatic heterocycles. The first-order valence-electron chi connectivity index (χ1n) is 26.4. The maximum absolute atomic E-state index is 6.41. The molecule has 0 unspecified atom stereocenters. The number of rotatable bonds is 20. The molecule has 0 saturated heterocycles. The Balaban J connectivity index is 0.674. The topological polar surface area (TPSA) is 55.4 Å². The molecule has 0 atom stereocenters. The van der Waals surface area contributed by atoms with Crippen molar-refractivity contribution in [3.63, 3.8) is 0 Å². The Bertz CT molecular complexity index is 3580. The van der Waals surface area contributed by atoms with Gasteiger partial charge in [-0.3, -0.25) is 0 Å². The molecular formula is C72H56O6. The molecule has 6 heteroatoms. The van der Waals surface area contributed by atoms with Crippen molar-refractivity contribution in [2.24, 2.45) is 0 Å². The zero-order valence-electron chi connectivity index (χ0n) is 43.1. The molecule has 12 rings (SSSR count). The first-order valence-corrected chi connectivity index (χ1v) is 26.4. The van der Waals surface area contributed by atoms with Crippen molar-refractivity contribution in [1.82, 2.24) is 0 Å². The molecule has 0 heterocycles. The van der Waals surface area contributed by atoms with Crippen LogP contribution in [0.4, 0.5) is 0 Å². The summed E-state index contributed by atoms with van der Waals surface area (Å²) in [6.45, 7) is 2.40. The molecule has 0 bridgehead atoms. The number of hydrogen-bond acceptors (Lipinski definition) is 6. The lowest BCUT2D eigenvalue weighted by molar-refractivity contribution is 0.282. The summed E-state index contributed by atoms with van der Waals surface area (Å²) in [7, 11) is 0. The standard InChI is InChI=1S/C72H56O6/c1-5-13-63-35-53(19-27-59(63)9-1)45-75-69-39-57(40-70(43-69)76-46-54-20-28-60-10-2-6-14-64(60)36-54)49-73-67-31-23-51(24-32-67)17-18-52-25-33-68(34-26-52)74-50-58-41-71(77-47-55-21-29-61-11-3-7-15-65(61)37-55)44-72(42-58)78-48-56-22-30-62-12-4-8-16-66(62)38-56/h1-44H,45-50H2/b18-17+. The van der Waals surface area contributed by atoms with Crippen LogP contribution in [0, 0.1) is 0 Å². The van der Waals surface area contributed by atoms with E-state index in [4.69, 9.17) is 28.4 Å². The second kappa shape index (κ2) is 23.4. The van der Waals surface area contributed by atoms with E-state index in [9.17, 15) is 0 Å². The molecule has 0 spiro atoms. The van der Waals surface area contributed by atoms with Crippen LogP contribution in [-0.4, -0.2) is 0 Å². The van der Waals surface area contributed by atoms with Crippen LogP contribution in [0.3, 0.4) is 0 Å². The van der Waals surface area contributed by atoms with Crippen molar-refractivity contribution in [2.45, 2.75) is 39.6 Å². The predicted molar refractivity (Wildman–Crippen MR) is 316 cm³/mol. The van der Waals surface area contributed by atoms with Gasteiger partial charge in [-0.15, -0.1) is 0 Å². The Morgan fingerprint density at radius 3 is 0.718 bits per heavy atom. The van der Waals surface area contributed by atoms with Gasteiger partial charge in [0.2, 0.25) is 0 Å². The van der Waals surface area contributed by atoms with Crippen LogP contribution in [0.1, 0.15) is 44.5 Å². The molecule has 0 N–H and O–H groups in total. The molecule has 0 aliphatic rings. The molecule has 0 aliphatic carbocycles. The minimum absolute atomic E-state index is 0.343. The van der Waals surface area contributed by atoms with Crippen molar-refractivity contribution >= 4 is 55.2 Å². The van der Waals surface area contributed by atoms with Crippen molar-refractivity contribution in [3.8, 4) is 34.5 Å². The van der Waals surface area contributed by atoms with Crippen LogP contribution >= 0.6 is 0 Å². The highest BCUT2D eigenvalue weighted by molar-refractivity contribution is 5.85. The zero-order valence-corrected chi connectivity index (χ0v) is 43.1. The van der Waals surface area contributed by atoms with E-state index in [0.717, 1.165) is 79.0 Å². The third-order valence-corrected chi connectivity index (χ3v) is 13.8. The Morgan fingerprint density at radius 1 is 0.192 bits per heavy atom. The summed E-state index contributed by atoms with van der Waals surface area (Å²) in [5, 5.41) is 9.56. The number of hydrogen-bond donors (Lipinski definition) is 0. The van der Waals surface area contributed by atoms with E-state index < -0.39 is 0 Å². The van der Waals surface area contributed by atoms with Gasteiger partial charge >= 0.3 is 0 Å². The molecule has 0 fully saturated rings. The molecule has 0 amide bonds. The van der Waals surface area contributed by atoms with Crippen LogP contribution in [0.15, 0.2) is 255 Å². The van der Waals surface area contributed by atoms with Crippen LogP contribution in [0.2, 0.25) is 0 Å². The maximum atomic E-state index is 6.41. The van der Waals surface area contributed by atoms with Crippen molar-refractivity contribution in [2.75, 3.05) is 0 Å². The maximum Gasteiger partial charge on any atom is 0.123 e. The zero-order chi connectivity index (χ0) is 52.3. The summed E-state index contributed by atoms with van der Waals surface area (Å²) in [6.07, 6.45) is 4.19. The molecule has 6 nitrogen and oxygen atoms in total. The first-order chi connectivity index (χ1) is 38.5. The lowest BCUT2D eigenvalue weighted by Gasteiger charge is -2.14. The van der Waals surface area contributed by atoms with Gasteiger partial charge in [0, 0.05) is 12.1 Å². The SMILES string of the molecule is C(=C\c1ccc(OCc2cc(OCc3ccc4ccccc4c3)cc(OCc3ccc4ccccc4c3)c2)cc1)/c1ccc(OCc2cc(OCc3ccc4ccccc4c3)cc(OCc3ccc4ccccc4c3)c2)cc1. The predicted octanol–water partition coefficient (Wildman–Crippen LogP) is 17.9. The monoisotopic (exact) mass is 1020 g/mol. The van der Waals surface area contributed by atoms with E-state index in [1.165, 1.54) is 43.1 Å².